The van der Waals surface area contributed by atoms with E-state index in [4.69, 9.17) is 0 Å². The molecule has 0 aromatic carbocycles. The van der Waals surface area contributed by atoms with Crippen LogP contribution in [0.3, 0.4) is 0 Å². The van der Waals surface area contributed by atoms with E-state index in [0.29, 0.717) is 0 Å². The van der Waals surface area contributed by atoms with E-state index in [2.05, 4.69) is 19.2 Å². The summed E-state index contributed by atoms with van der Waals surface area (Å²) in [4.78, 5) is 0. The van der Waals surface area contributed by atoms with Crippen LogP contribution in [0.5, 0.6) is 0 Å². The van der Waals surface area contributed by atoms with Crippen molar-refractivity contribution in [1.82, 2.24) is 5.32 Å². The minimum absolute atomic E-state index is 0.827. The van der Waals surface area contributed by atoms with E-state index < -0.39 is 0 Å². The van der Waals surface area contributed by atoms with Gasteiger partial charge in [0.2, 0.25) is 0 Å². The Morgan fingerprint density at radius 1 is 0.842 bits per heavy atom. The van der Waals surface area contributed by atoms with E-state index in [1.54, 1.807) is 0 Å². The fourth-order valence-electron chi connectivity index (χ4n) is 3.47. The molecule has 19 heavy (non-hydrogen) atoms. The van der Waals surface area contributed by atoms with Crippen molar-refractivity contribution in [3.8, 4) is 0 Å². The van der Waals surface area contributed by atoms with Crippen molar-refractivity contribution in [2.45, 2.75) is 103 Å². The smallest absolute Gasteiger partial charge is 0.00953 e. The first-order chi connectivity index (χ1) is 9.38. The highest BCUT2D eigenvalue weighted by Gasteiger charge is 2.22. The summed E-state index contributed by atoms with van der Waals surface area (Å²) < 4.78 is 0. The highest BCUT2D eigenvalue weighted by molar-refractivity contribution is 4.79. The van der Waals surface area contributed by atoms with Crippen LogP contribution >= 0.6 is 0 Å². The fourth-order valence-corrected chi connectivity index (χ4v) is 3.47. The maximum atomic E-state index is 3.88. The molecule has 114 valence electrons. The van der Waals surface area contributed by atoms with Crippen molar-refractivity contribution >= 4 is 0 Å². The molecular formula is C18H37N. The van der Waals surface area contributed by atoms with Gasteiger partial charge in [-0.25, -0.2) is 0 Å². The van der Waals surface area contributed by atoms with Crippen molar-refractivity contribution in [3.63, 3.8) is 0 Å². The number of rotatable bonds is 11. The molecule has 0 saturated heterocycles. The lowest BCUT2D eigenvalue weighted by Crippen LogP contribution is -2.37. The monoisotopic (exact) mass is 267 g/mol. The van der Waals surface area contributed by atoms with Gasteiger partial charge < -0.3 is 5.32 Å². The summed E-state index contributed by atoms with van der Waals surface area (Å²) in [6.07, 6.45) is 18.6. The Morgan fingerprint density at radius 2 is 1.53 bits per heavy atom. The molecule has 0 aromatic rings. The van der Waals surface area contributed by atoms with E-state index in [9.17, 15) is 0 Å². The second kappa shape index (κ2) is 11.8. The second-order valence-corrected chi connectivity index (χ2v) is 6.52. The zero-order chi connectivity index (χ0) is 13.8. The summed E-state index contributed by atoms with van der Waals surface area (Å²) in [5.41, 5.74) is 0. The van der Waals surface area contributed by atoms with Crippen LogP contribution in [-0.2, 0) is 0 Å². The van der Waals surface area contributed by atoms with Gasteiger partial charge in [-0.2, -0.15) is 0 Å². The molecule has 1 nitrogen and oxygen atoms in total. The van der Waals surface area contributed by atoms with Gasteiger partial charge in [0.25, 0.3) is 0 Å². The predicted octanol–water partition coefficient (Wildman–Crippen LogP) is 5.69. The third kappa shape index (κ3) is 7.97. The van der Waals surface area contributed by atoms with Crippen LogP contribution in [-0.4, -0.2) is 12.6 Å². The Hall–Kier alpha value is -0.0400. The third-order valence-corrected chi connectivity index (χ3v) is 4.77. The fraction of sp³-hybridized carbons (Fsp3) is 1.00. The molecule has 0 radical (unpaired) electrons. The maximum Gasteiger partial charge on any atom is 0.00953 e. The molecule has 1 fully saturated rings. The van der Waals surface area contributed by atoms with Crippen molar-refractivity contribution in [1.29, 1.82) is 0 Å². The van der Waals surface area contributed by atoms with Gasteiger partial charge in [0.05, 0.1) is 0 Å². The van der Waals surface area contributed by atoms with E-state index in [1.165, 1.54) is 90.0 Å². The molecule has 0 bridgehead atoms. The van der Waals surface area contributed by atoms with E-state index in [1.807, 2.05) is 0 Å². The van der Waals surface area contributed by atoms with Gasteiger partial charge in [-0.05, 0) is 38.1 Å². The molecule has 1 aliphatic rings. The lowest BCUT2D eigenvalue weighted by atomic mass is 9.82. The molecular weight excluding hydrogens is 230 g/mol. The molecule has 1 N–H and O–H groups in total. The van der Waals surface area contributed by atoms with E-state index in [0.717, 1.165) is 12.0 Å². The molecule has 1 rings (SSSR count). The molecule has 1 heteroatoms. The molecule has 0 aliphatic heterocycles. The molecule has 1 aliphatic carbocycles. The van der Waals surface area contributed by atoms with E-state index >= 15 is 0 Å². The molecule has 1 unspecified atom stereocenters. The zero-order valence-corrected chi connectivity index (χ0v) is 13.6. The third-order valence-electron chi connectivity index (χ3n) is 4.77. The average Bonchev–Trinajstić information content (AvgIpc) is 2.46. The van der Waals surface area contributed by atoms with Crippen LogP contribution < -0.4 is 5.32 Å². The summed E-state index contributed by atoms with van der Waals surface area (Å²) in [7, 11) is 0. The van der Waals surface area contributed by atoms with Crippen LogP contribution in [0.1, 0.15) is 97.3 Å². The second-order valence-electron chi connectivity index (χ2n) is 6.52. The van der Waals surface area contributed by atoms with Crippen molar-refractivity contribution in [2.75, 3.05) is 6.54 Å². The Bertz CT molecular complexity index is 184. The molecule has 0 spiro atoms. The van der Waals surface area contributed by atoms with Gasteiger partial charge >= 0.3 is 0 Å². The summed E-state index contributed by atoms with van der Waals surface area (Å²) in [6.45, 7) is 5.84. The van der Waals surface area contributed by atoms with Gasteiger partial charge in [-0.1, -0.05) is 71.6 Å². The van der Waals surface area contributed by atoms with Gasteiger partial charge in [-0.15, -0.1) is 0 Å². The Labute approximate surface area is 121 Å². The highest BCUT2D eigenvalue weighted by Crippen LogP contribution is 2.28. The Balaban J connectivity index is 2.22. The predicted molar refractivity (Wildman–Crippen MR) is 86.6 cm³/mol. The van der Waals surface area contributed by atoms with Gasteiger partial charge in [0.1, 0.15) is 0 Å². The summed E-state index contributed by atoms with van der Waals surface area (Å²) in [5.74, 6) is 0.983. The quantitative estimate of drug-likeness (QED) is 0.474. The van der Waals surface area contributed by atoms with Crippen LogP contribution in [0.2, 0.25) is 0 Å². The topological polar surface area (TPSA) is 12.0 Å². The number of nitrogens with one attached hydrogen (secondary N) is 1. The highest BCUT2D eigenvalue weighted by atomic mass is 14.9. The lowest BCUT2D eigenvalue weighted by molar-refractivity contribution is 0.253. The summed E-state index contributed by atoms with van der Waals surface area (Å²) in [6, 6.07) is 0.827. The van der Waals surface area contributed by atoms with Gasteiger partial charge in [-0.3, -0.25) is 0 Å². The normalized spacial score (nSPS) is 18.6. The first-order valence-electron chi connectivity index (χ1n) is 9.11. The average molecular weight is 268 g/mol. The number of hydrogen-bond acceptors (Lipinski definition) is 1. The van der Waals surface area contributed by atoms with Crippen molar-refractivity contribution in [3.05, 3.63) is 0 Å². The number of unbranched alkanes of at least 4 members (excludes halogenated alkanes) is 5. The Morgan fingerprint density at radius 3 is 2.21 bits per heavy atom. The van der Waals surface area contributed by atoms with Crippen LogP contribution in [0.4, 0.5) is 0 Å². The lowest BCUT2D eigenvalue weighted by Gasteiger charge is -2.31. The first-order valence-corrected chi connectivity index (χ1v) is 9.11. The van der Waals surface area contributed by atoms with Crippen molar-refractivity contribution < 1.29 is 0 Å². The molecule has 0 aromatic heterocycles. The van der Waals surface area contributed by atoms with Crippen LogP contribution in [0.15, 0.2) is 0 Å². The van der Waals surface area contributed by atoms with Crippen LogP contribution in [0.25, 0.3) is 0 Å². The zero-order valence-electron chi connectivity index (χ0n) is 13.6. The van der Waals surface area contributed by atoms with Gasteiger partial charge in [0, 0.05) is 6.04 Å². The largest absolute Gasteiger partial charge is 0.314 e. The molecule has 0 heterocycles. The maximum absolute atomic E-state index is 3.88. The number of hydrogen-bond donors (Lipinski definition) is 1. The summed E-state index contributed by atoms with van der Waals surface area (Å²) >= 11 is 0. The minimum atomic E-state index is 0.827. The van der Waals surface area contributed by atoms with Crippen LogP contribution in [0, 0.1) is 5.92 Å². The van der Waals surface area contributed by atoms with Gasteiger partial charge in [0.15, 0.2) is 0 Å². The van der Waals surface area contributed by atoms with Crippen molar-refractivity contribution in [2.24, 2.45) is 5.92 Å². The SMILES string of the molecule is CCCCCCCC(NCCCC)C1CCCCC1. The molecule has 0 amide bonds. The Kier molecular flexibility index (Phi) is 10.5. The molecule has 1 saturated carbocycles. The summed E-state index contributed by atoms with van der Waals surface area (Å²) in [5, 5.41) is 3.88. The first kappa shape index (κ1) is 17.0. The standard InChI is InChI=1S/C18H37N/c1-3-5-7-8-12-15-18(19-16-6-4-2)17-13-10-9-11-14-17/h17-19H,3-16H2,1-2H3. The minimum Gasteiger partial charge on any atom is -0.314 e. The molecule has 1 atom stereocenters. The van der Waals surface area contributed by atoms with E-state index in [-0.39, 0.29) is 0 Å².